The van der Waals surface area contributed by atoms with Crippen LogP contribution < -0.4 is 5.32 Å². The Morgan fingerprint density at radius 2 is 1.66 bits per heavy atom. The van der Waals surface area contributed by atoms with Crippen LogP contribution in [0.1, 0.15) is 29.8 Å². The molecule has 0 aliphatic heterocycles. The fourth-order valence-electron chi connectivity index (χ4n) is 2.58. The summed E-state index contributed by atoms with van der Waals surface area (Å²) in [5.41, 5.74) is 0.433. The van der Waals surface area contributed by atoms with Crippen molar-refractivity contribution in [3.8, 4) is 0 Å². The quantitative estimate of drug-likeness (QED) is 0.626. The van der Waals surface area contributed by atoms with E-state index in [1.54, 1.807) is 26.0 Å². The molecule has 0 aromatic heterocycles. The van der Waals surface area contributed by atoms with Crippen LogP contribution in [0.2, 0.25) is 0 Å². The van der Waals surface area contributed by atoms with E-state index in [1.807, 2.05) is 0 Å². The van der Waals surface area contributed by atoms with E-state index in [4.69, 9.17) is 4.74 Å². The number of sulfonamides is 1. The summed E-state index contributed by atoms with van der Waals surface area (Å²) >= 11 is 0. The molecule has 9 heteroatoms. The van der Waals surface area contributed by atoms with Crippen molar-refractivity contribution in [2.75, 3.05) is 19.7 Å². The smallest absolute Gasteiger partial charge is 0.338 e. The zero-order valence-corrected chi connectivity index (χ0v) is 17.0. The Balaban J connectivity index is 1.91. The summed E-state index contributed by atoms with van der Waals surface area (Å²) in [4.78, 5) is 23.9. The van der Waals surface area contributed by atoms with Crippen molar-refractivity contribution < 1.29 is 27.1 Å². The molecule has 156 valence electrons. The lowest BCUT2D eigenvalue weighted by Crippen LogP contribution is -2.30. The third-order valence-electron chi connectivity index (χ3n) is 4.20. The van der Waals surface area contributed by atoms with Gasteiger partial charge in [-0.05, 0) is 30.3 Å². The topological polar surface area (TPSA) is 92.8 Å². The van der Waals surface area contributed by atoms with Gasteiger partial charge in [-0.2, -0.15) is 4.31 Å². The summed E-state index contributed by atoms with van der Waals surface area (Å²) in [5, 5.41) is 2.46. The van der Waals surface area contributed by atoms with Crippen molar-refractivity contribution in [1.29, 1.82) is 0 Å². The first-order valence-corrected chi connectivity index (χ1v) is 10.5. The molecule has 0 spiro atoms. The summed E-state index contributed by atoms with van der Waals surface area (Å²) in [6.45, 7) is 3.59. The van der Waals surface area contributed by atoms with Crippen LogP contribution in [0.3, 0.4) is 0 Å². The number of rotatable bonds is 9. The first-order valence-electron chi connectivity index (χ1n) is 9.07. The Labute approximate surface area is 169 Å². The molecular formula is C20H23FN2O5S. The van der Waals surface area contributed by atoms with E-state index in [0.29, 0.717) is 18.7 Å². The number of esters is 1. The number of hydrogen-bond acceptors (Lipinski definition) is 5. The third-order valence-corrected chi connectivity index (χ3v) is 6.27. The highest BCUT2D eigenvalue weighted by atomic mass is 32.2. The summed E-state index contributed by atoms with van der Waals surface area (Å²) < 4.78 is 44.6. The zero-order chi connectivity index (χ0) is 21.4. The molecule has 0 aliphatic rings. The zero-order valence-electron chi connectivity index (χ0n) is 16.2. The van der Waals surface area contributed by atoms with Gasteiger partial charge in [0.05, 0.1) is 10.5 Å². The Hall–Kier alpha value is -2.78. The highest BCUT2D eigenvalue weighted by Crippen LogP contribution is 2.16. The van der Waals surface area contributed by atoms with Crippen LogP contribution in [-0.2, 0) is 26.1 Å². The lowest BCUT2D eigenvalue weighted by molar-refractivity contribution is -0.124. The average Bonchev–Trinajstić information content (AvgIpc) is 2.72. The van der Waals surface area contributed by atoms with E-state index in [2.05, 4.69) is 5.32 Å². The number of hydrogen-bond donors (Lipinski definition) is 1. The van der Waals surface area contributed by atoms with Gasteiger partial charge in [0.25, 0.3) is 5.91 Å². The molecule has 2 aromatic carbocycles. The van der Waals surface area contributed by atoms with E-state index >= 15 is 0 Å². The minimum absolute atomic E-state index is 0.0268. The molecule has 0 saturated heterocycles. The van der Waals surface area contributed by atoms with Gasteiger partial charge in [0.2, 0.25) is 10.0 Å². The molecule has 0 atom stereocenters. The number of halogens is 1. The third kappa shape index (κ3) is 5.85. The molecule has 0 saturated carbocycles. The average molecular weight is 422 g/mol. The fourth-order valence-corrected chi connectivity index (χ4v) is 4.03. The standard InChI is InChI=1S/C20H23FN2O5S/c1-3-23(4-2)29(26,27)17-11-9-15(10-12-17)20(25)28-14-19(24)22-13-16-7-5-6-8-18(16)21/h5-12H,3-4,13-14H2,1-2H3,(H,22,24). The molecule has 0 aliphatic carbocycles. The summed E-state index contributed by atoms with van der Waals surface area (Å²) in [6.07, 6.45) is 0. The van der Waals surface area contributed by atoms with Gasteiger partial charge in [-0.25, -0.2) is 17.6 Å². The van der Waals surface area contributed by atoms with Gasteiger partial charge in [-0.15, -0.1) is 0 Å². The van der Waals surface area contributed by atoms with Gasteiger partial charge in [-0.1, -0.05) is 32.0 Å². The van der Waals surface area contributed by atoms with E-state index in [9.17, 15) is 22.4 Å². The van der Waals surface area contributed by atoms with Crippen molar-refractivity contribution in [1.82, 2.24) is 9.62 Å². The van der Waals surface area contributed by atoms with Gasteiger partial charge < -0.3 is 10.1 Å². The molecule has 0 unspecified atom stereocenters. The van der Waals surface area contributed by atoms with Crippen molar-refractivity contribution in [3.63, 3.8) is 0 Å². The van der Waals surface area contributed by atoms with Crippen molar-refractivity contribution in [2.24, 2.45) is 0 Å². The normalized spacial score (nSPS) is 11.3. The molecule has 1 N–H and O–H groups in total. The highest BCUT2D eigenvalue weighted by Gasteiger charge is 2.22. The number of nitrogens with one attached hydrogen (secondary N) is 1. The minimum Gasteiger partial charge on any atom is -0.452 e. The van der Waals surface area contributed by atoms with Gasteiger partial charge in [0.15, 0.2) is 6.61 Å². The number of carbonyl (C=O) groups excluding carboxylic acids is 2. The van der Waals surface area contributed by atoms with Crippen molar-refractivity contribution in [2.45, 2.75) is 25.3 Å². The monoisotopic (exact) mass is 422 g/mol. The molecule has 7 nitrogen and oxygen atoms in total. The Morgan fingerprint density at radius 3 is 2.24 bits per heavy atom. The largest absolute Gasteiger partial charge is 0.452 e. The first-order chi connectivity index (χ1) is 13.8. The van der Waals surface area contributed by atoms with Crippen LogP contribution in [-0.4, -0.2) is 44.3 Å². The molecule has 1 amide bonds. The summed E-state index contributed by atoms with van der Waals surface area (Å²) in [7, 11) is -3.62. The van der Waals surface area contributed by atoms with Crippen LogP contribution in [0.15, 0.2) is 53.4 Å². The minimum atomic E-state index is -3.62. The second-order valence-electron chi connectivity index (χ2n) is 6.06. The lowest BCUT2D eigenvalue weighted by atomic mass is 10.2. The maximum absolute atomic E-state index is 13.5. The molecule has 0 fully saturated rings. The number of amides is 1. The van der Waals surface area contributed by atoms with Crippen LogP contribution in [0, 0.1) is 5.82 Å². The molecule has 2 aromatic rings. The number of nitrogens with zero attached hydrogens (tertiary/aromatic N) is 1. The fraction of sp³-hybridized carbons (Fsp3) is 0.300. The van der Waals surface area contributed by atoms with E-state index in [1.165, 1.54) is 40.7 Å². The van der Waals surface area contributed by atoms with Gasteiger partial charge in [0.1, 0.15) is 5.82 Å². The number of carbonyl (C=O) groups is 2. The Bertz CT molecular complexity index is 957. The molecule has 29 heavy (non-hydrogen) atoms. The first kappa shape index (κ1) is 22.5. The Morgan fingerprint density at radius 1 is 1.03 bits per heavy atom. The maximum Gasteiger partial charge on any atom is 0.338 e. The predicted molar refractivity (Wildman–Crippen MR) is 105 cm³/mol. The molecule has 0 heterocycles. The SMILES string of the molecule is CCN(CC)S(=O)(=O)c1ccc(C(=O)OCC(=O)NCc2ccccc2F)cc1. The van der Waals surface area contributed by atoms with Gasteiger partial charge in [-0.3, -0.25) is 4.79 Å². The molecular weight excluding hydrogens is 399 g/mol. The van der Waals surface area contributed by atoms with Crippen LogP contribution >= 0.6 is 0 Å². The lowest BCUT2D eigenvalue weighted by Gasteiger charge is -2.18. The Kier molecular flexibility index (Phi) is 7.86. The van der Waals surface area contributed by atoms with E-state index < -0.39 is 34.3 Å². The highest BCUT2D eigenvalue weighted by molar-refractivity contribution is 7.89. The molecule has 0 bridgehead atoms. The molecule has 0 radical (unpaired) electrons. The van der Waals surface area contributed by atoms with Crippen molar-refractivity contribution in [3.05, 3.63) is 65.5 Å². The number of ether oxygens (including phenoxy) is 1. The number of benzene rings is 2. The van der Waals surface area contributed by atoms with Crippen LogP contribution in [0.25, 0.3) is 0 Å². The summed E-state index contributed by atoms with van der Waals surface area (Å²) in [5.74, 6) is -1.79. The van der Waals surface area contributed by atoms with Gasteiger partial charge >= 0.3 is 5.97 Å². The second-order valence-corrected chi connectivity index (χ2v) is 8.00. The van der Waals surface area contributed by atoms with Gasteiger partial charge in [0, 0.05) is 25.2 Å². The van der Waals surface area contributed by atoms with E-state index in [-0.39, 0.29) is 17.0 Å². The van der Waals surface area contributed by atoms with Crippen molar-refractivity contribution >= 4 is 21.9 Å². The predicted octanol–water partition coefficient (Wildman–Crippen LogP) is 2.33. The van der Waals surface area contributed by atoms with Crippen LogP contribution in [0.4, 0.5) is 4.39 Å². The second kappa shape index (κ2) is 10.1. The summed E-state index contributed by atoms with van der Waals surface area (Å²) in [6, 6.07) is 11.3. The molecule has 2 rings (SSSR count). The van der Waals surface area contributed by atoms with Crippen LogP contribution in [0.5, 0.6) is 0 Å². The maximum atomic E-state index is 13.5. The van der Waals surface area contributed by atoms with E-state index in [0.717, 1.165) is 0 Å².